The molecular weight excluding hydrogens is 367 g/mol. The van der Waals surface area contributed by atoms with Crippen LogP contribution in [0.5, 0.6) is 0 Å². The minimum Gasteiger partial charge on any atom is -0.386 e. The highest BCUT2D eigenvalue weighted by molar-refractivity contribution is 5.86. The van der Waals surface area contributed by atoms with Gasteiger partial charge in [0, 0.05) is 54.1 Å². The number of aromatic nitrogens is 2. The number of hydrogen-bond donors (Lipinski definition) is 1. The lowest BCUT2D eigenvalue weighted by molar-refractivity contribution is -0.137. The molecule has 28 heavy (non-hydrogen) atoms. The molecule has 3 aromatic rings. The standard InChI is InChI=1S/C21H22F3N3O/c1-13-3-4-18-16(7-13)17-11-26(2)6-5-19(17)27(18)12-20(28)14-8-15(10-25-9-14)21(22,23)24/h3-4,7-10,20,28H,5-6,11-12H2,1-2H3. The molecule has 0 bridgehead atoms. The van der Waals surface area contributed by atoms with E-state index in [0.29, 0.717) is 0 Å². The van der Waals surface area contributed by atoms with Crippen LogP contribution < -0.4 is 0 Å². The van der Waals surface area contributed by atoms with Crippen LogP contribution in [-0.2, 0) is 25.7 Å². The number of nitrogens with zero attached hydrogens (tertiary/aromatic N) is 3. The van der Waals surface area contributed by atoms with Gasteiger partial charge in [-0.25, -0.2) is 0 Å². The van der Waals surface area contributed by atoms with Crippen LogP contribution in [0.25, 0.3) is 10.9 Å². The number of aryl methyl sites for hydroxylation is 1. The van der Waals surface area contributed by atoms with Crippen molar-refractivity contribution in [1.29, 1.82) is 0 Å². The number of rotatable bonds is 3. The number of hydrogen-bond acceptors (Lipinski definition) is 3. The fourth-order valence-corrected chi connectivity index (χ4v) is 3.98. The minimum absolute atomic E-state index is 0.172. The molecule has 4 nitrogen and oxygen atoms in total. The third kappa shape index (κ3) is 3.40. The predicted molar refractivity (Wildman–Crippen MR) is 101 cm³/mol. The van der Waals surface area contributed by atoms with E-state index in [4.69, 9.17) is 0 Å². The Hall–Kier alpha value is -2.38. The van der Waals surface area contributed by atoms with E-state index in [9.17, 15) is 18.3 Å². The van der Waals surface area contributed by atoms with Gasteiger partial charge >= 0.3 is 6.18 Å². The molecule has 7 heteroatoms. The largest absolute Gasteiger partial charge is 0.417 e. The summed E-state index contributed by atoms with van der Waals surface area (Å²) in [4.78, 5) is 5.93. The fraction of sp³-hybridized carbons (Fsp3) is 0.381. The molecule has 0 spiro atoms. The topological polar surface area (TPSA) is 41.3 Å². The highest BCUT2D eigenvalue weighted by Gasteiger charge is 2.32. The molecule has 3 heterocycles. The molecule has 2 aromatic heterocycles. The first kappa shape index (κ1) is 19.0. The Balaban J connectivity index is 1.74. The summed E-state index contributed by atoms with van der Waals surface area (Å²) in [5, 5.41) is 11.9. The Morgan fingerprint density at radius 1 is 1.21 bits per heavy atom. The van der Waals surface area contributed by atoms with Gasteiger partial charge in [0.2, 0.25) is 0 Å². The summed E-state index contributed by atoms with van der Waals surface area (Å²) in [6.07, 6.45) is -2.63. The lowest BCUT2D eigenvalue weighted by atomic mass is 10.0. The van der Waals surface area contributed by atoms with E-state index in [1.165, 1.54) is 11.8 Å². The van der Waals surface area contributed by atoms with Gasteiger partial charge in [0.25, 0.3) is 0 Å². The summed E-state index contributed by atoms with van der Waals surface area (Å²) in [6.45, 7) is 3.97. The van der Waals surface area contributed by atoms with E-state index in [1.54, 1.807) is 0 Å². The van der Waals surface area contributed by atoms with Crippen LogP contribution in [-0.4, -0.2) is 33.1 Å². The van der Waals surface area contributed by atoms with Gasteiger partial charge in [-0.2, -0.15) is 13.2 Å². The maximum atomic E-state index is 13.0. The van der Waals surface area contributed by atoms with E-state index < -0.39 is 17.8 Å². The van der Waals surface area contributed by atoms with Gasteiger partial charge < -0.3 is 14.6 Å². The third-order valence-corrected chi connectivity index (χ3v) is 5.43. The van der Waals surface area contributed by atoms with Gasteiger partial charge in [0.05, 0.1) is 18.2 Å². The first-order valence-electron chi connectivity index (χ1n) is 9.23. The molecule has 1 aliphatic heterocycles. The lowest BCUT2D eigenvalue weighted by Crippen LogP contribution is -2.27. The van der Waals surface area contributed by atoms with Crippen molar-refractivity contribution in [2.24, 2.45) is 0 Å². The van der Waals surface area contributed by atoms with E-state index in [2.05, 4.69) is 27.6 Å². The molecular formula is C21H22F3N3O. The second kappa shape index (κ2) is 6.90. The van der Waals surface area contributed by atoms with E-state index in [0.717, 1.165) is 53.9 Å². The van der Waals surface area contributed by atoms with Crippen molar-refractivity contribution in [1.82, 2.24) is 14.5 Å². The number of aliphatic hydroxyl groups is 1. The quantitative estimate of drug-likeness (QED) is 0.734. The Labute approximate surface area is 161 Å². The minimum atomic E-state index is -4.48. The van der Waals surface area contributed by atoms with Gasteiger partial charge in [0.1, 0.15) is 0 Å². The molecule has 4 rings (SSSR count). The van der Waals surface area contributed by atoms with Gasteiger partial charge in [-0.15, -0.1) is 0 Å². The second-order valence-electron chi connectivity index (χ2n) is 7.56. The molecule has 1 atom stereocenters. The number of benzene rings is 1. The van der Waals surface area contributed by atoms with Crippen molar-refractivity contribution in [2.45, 2.75) is 38.7 Å². The summed E-state index contributed by atoms with van der Waals surface area (Å²) >= 11 is 0. The maximum absolute atomic E-state index is 13.0. The molecule has 0 radical (unpaired) electrons. The van der Waals surface area contributed by atoms with Crippen LogP contribution in [0.1, 0.15) is 34.1 Å². The van der Waals surface area contributed by atoms with E-state index in [-0.39, 0.29) is 12.1 Å². The van der Waals surface area contributed by atoms with Crippen LogP contribution in [0.2, 0.25) is 0 Å². The number of pyridine rings is 1. The molecule has 148 valence electrons. The summed E-state index contributed by atoms with van der Waals surface area (Å²) in [5.74, 6) is 0. The van der Waals surface area contributed by atoms with Gasteiger partial charge in [-0.1, -0.05) is 11.6 Å². The zero-order valence-corrected chi connectivity index (χ0v) is 15.8. The van der Waals surface area contributed by atoms with E-state index in [1.807, 2.05) is 19.1 Å². The fourth-order valence-electron chi connectivity index (χ4n) is 3.98. The number of halogens is 3. The van der Waals surface area contributed by atoms with Crippen molar-refractivity contribution in [3.63, 3.8) is 0 Å². The summed E-state index contributed by atoms with van der Waals surface area (Å²) in [5.41, 5.74) is 3.87. The molecule has 1 aromatic carbocycles. The van der Waals surface area contributed by atoms with Gasteiger partial charge in [-0.05, 0) is 37.7 Å². The monoisotopic (exact) mass is 389 g/mol. The van der Waals surface area contributed by atoms with Gasteiger partial charge in [-0.3, -0.25) is 4.98 Å². The Bertz CT molecular complexity index is 1030. The molecule has 0 saturated carbocycles. The number of fused-ring (bicyclic) bond motifs is 3. The molecule has 0 amide bonds. The van der Waals surface area contributed by atoms with Crippen LogP contribution in [0.4, 0.5) is 13.2 Å². The molecule has 0 aliphatic carbocycles. The number of likely N-dealkylation sites (N-methyl/N-ethyl adjacent to an activating group) is 1. The summed E-state index contributed by atoms with van der Waals surface area (Å²) in [6, 6.07) is 7.17. The molecule has 0 fully saturated rings. The van der Waals surface area contributed by atoms with Crippen LogP contribution >= 0.6 is 0 Å². The molecule has 1 unspecified atom stereocenters. The molecule has 1 aliphatic rings. The summed E-state index contributed by atoms with van der Waals surface area (Å²) in [7, 11) is 2.07. The highest BCUT2D eigenvalue weighted by Crippen LogP contribution is 2.34. The maximum Gasteiger partial charge on any atom is 0.417 e. The van der Waals surface area contributed by atoms with E-state index >= 15 is 0 Å². The Kier molecular flexibility index (Phi) is 4.67. The smallest absolute Gasteiger partial charge is 0.386 e. The summed E-state index contributed by atoms with van der Waals surface area (Å²) < 4.78 is 41.0. The average molecular weight is 389 g/mol. The Morgan fingerprint density at radius 2 is 2.00 bits per heavy atom. The van der Waals surface area contributed by atoms with Crippen LogP contribution in [0.15, 0.2) is 36.7 Å². The number of aliphatic hydroxyl groups excluding tert-OH is 1. The van der Waals surface area contributed by atoms with Crippen LogP contribution in [0, 0.1) is 6.92 Å². The first-order valence-corrected chi connectivity index (χ1v) is 9.23. The highest BCUT2D eigenvalue weighted by atomic mass is 19.4. The zero-order valence-electron chi connectivity index (χ0n) is 15.8. The van der Waals surface area contributed by atoms with Crippen molar-refractivity contribution in [3.05, 3.63) is 64.6 Å². The van der Waals surface area contributed by atoms with Crippen molar-refractivity contribution < 1.29 is 18.3 Å². The Morgan fingerprint density at radius 3 is 2.75 bits per heavy atom. The number of alkyl halides is 3. The van der Waals surface area contributed by atoms with Crippen molar-refractivity contribution in [2.75, 3.05) is 13.6 Å². The SMILES string of the molecule is Cc1ccc2c(c1)c1c(n2CC(O)c2cncc(C(F)(F)F)c2)CCN(C)C1. The third-order valence-electron chi connectivity index (χ3n) is 5.43. The van der Waals surface area contributed by atoms with Crippen LogP contribution in [0.3, 0.4) is 0 Å². The zero-order chi connectivity index (χ0) is 20.1. The first-order chi connectivity index (χ1) is 13.2. The van der Waals surface area contributed by atoms with Crippen molar-refractivity contribution in [3.8, 4) is 0 Å². The normalized spacial score (nSPS) is 16.4. The van der Waals surface area contributed by atoms with Crippen molar-refractivity contribution >= 4 is 10.9 Å². The second-order valence-corrected chi connectivity index (χ2v) is 7.56. The predicted octanol–water partition coefficient (Wildman–Crippen LogP) is 4.09. The molecule has 1 N–H and O–H groups in total. The lowest BCUT2D eigenvalue weighted by Gasteiger charge is -2.25. The van der Waals surface area contributed by atoms with Gasteiger partial charge in [0.15, 0.2) is 0 Å². The molecule has 0 saturated heterocycles. The average Bonchev–Trinajstić information content (AvgIpc) is 2.93.